The van der Waals surface area contributed by atoms with Crippen molar-refractivity contribution in [2.45, 2.75) is 78.1 Å². The van der Waals surface area contributed by atoms with Crippen LogP contribution in [0.4, 0.5) is 0 Å². The molecule has 0 spiro atoms. The Bertz CT molecular complexity index is 480. The number of benzene rings is 1. The van der Waals surface area contributed by atoms with Crippen molar-refractivity contribution >= 4 is 0 Å². The fraction of sp³-hybridized carbons (Fsp3) is 0.636. The average Bonchev–Trinajstić information content (AvgIpc) is 2.96. The maximum absolute atomic E-state index is 6.27. The Morgan fingerprint density at radius 3 is 2.58 bits per heavy atom. The molecule has 0 aliphatic carbocycles. The molecule has 0 unspecified atom stereocenters. The van der Waals surface area contributed by atoms with Gasteiger partial charge in [-0.1, -0.05) is 82.4 Å². The SMILES string of the molecule is CCCCCCC[C@@H]1C=C(C)[C@@H]([C@H](C)COCc2ccccc2)O1. The summed E-state index contributed by atoms with van der Waals surface area (Å²) in [6.45, 7) is 8.12. The molecule has 0 saturated heterocycles. The van der Waals surface area contributed by atoms with Crippen LogP contribution >= 0.6 is 0 Å². The Hall–Kier alpha value is -1.12. The Morgan fingerprint density at radius 1 is 1.08 bits per heavy atom. The largest absolute Gasteiger partial charge is 0.376 e. The Balaban J connectivity index is 1.65. The molecule has 0 aromatic heterocycles. The lowest BCUT2D eigenvalue weighted by Gasteiger charge is -2.22. The molecule has 0 radical (unpaired) electrons. The van der Waals surface area contributed by atoms with Gasteiger partial charge in [-0.25, -0.2) is 0 Å². The predicted octanol–water partition coefficient (Wildman–Crippen LogP) is 5.91. The minimum Gasteiger partial charge on any atom is -0.376 e. The normalized spacial score (nSPS) is 21.7. The van der Waals surface area contributed by atoms with Crippen LogP contribution in [0.15, 0.2) is 42.0 Å². The minimum absolute atomic E-state index is 0.224. The molecule has 3 atom stereocenters. The first-order valence-electron chi connectivity index (χ1n) is 9.66. The van der Waals surface area contributed by atoms with Crippen molar-refractivity contribution in [1.82, 2.24) is 0 Å². The molecule has 1 aromatic carbocycles. The summed E-state index contributed by atoms with van der Waals surface area (Å²) in [6, 6.07) is 10.4. The molecule has 1 heterocycles. The van der Waals surface area contributed by atoms with Crippen LogP contribution in [0.25, 0.3) is 0 Å². The van der Waals surface area contributed by atoms with Gasteiger partial charge in [0.15, 0.2) is 0 Å². The summed E-state index contributed by atoms with van der Waals surface area (Å²) in [4.78, 5) is 0. The smallest absolute Gasteiger partial charge is 0.0838 e. The van der Waals surface area contributed by atoms with E-state index in [0.717, 1.165) is 13.0 Å². The van der Waals surface area contributed by atoms with Crippen LogP contribution in [0.1, 0.15) is 64.9 Å². The van der Waals surface area contributed by atoms with E-state index in [4.69, 9.17) is 9.47 Å². The zero-order chi connectivity index (χ0) is 17.2. The molecule has 134 valence electrons. The summed E-state index contributed by atoms with van der Waals surface area (Å²) in [7, 11) is 0. The van der Waals surface area contributed by atoms with E-state index in [1.54, 1.807) is 0 Å². The van der Waals surface area contributed by atoms with Crippen LogP contribution in [0.2, 0.25) is 0 Å². The third-order valence-electron chi connectivity index (χ3n) is 4.82. The van der Waals surface area contributed by atoms with Gasteiger partial charge in [0, 0.05) is 5.92 Å². The van der Waals surface area contributed by atoms with Gasteiger partial charge in [-0.3, -0.25) is 0 Å². The highest BCUT2D eigenvalue weighted by Crippen LogP contribution is 2.28. The highest BCUT2D eigenvalue weighted by molar-refractivity contribution is 5.15. The molecule has 1 aliphatic rings. The van der Waals surface area contributed by atoms with E-state index in [0.29, 0.717) is 18.6 Å². The van der Waals surface area contributed by atoms with Crippen LogP contribution in [0.5, 0.6) is 0 Å². The van der Waals surface area contributed by atoms with Crippen molar-refractivity contribution in [2.24, 2.45) is 5.92 Å². The van der Waals surface area contributed by atoms with E-state index in [1.807, 2.05) is 6.07 Å². The first-order valence-corrected chi connectivity index (χ1v) is 9.66. The third-order valence-corrected chi connectivity index (χ3v) is 4.82. The molecule has 0 bridgehead atoms. The van der Waals surface area contributed by atoms with E-state index < -0.39 is 0 Å². The van der Waals surface area contributed by atoms with Gasteiger partial charge in [0.1, 0.15) is 0 Å². The van der Waals surface area contributed by atoms with Crippen molar-refractivity contribution in [3.05, 3.63) is 47.5 Å². The standard InChI is InChI=1S/C22H34O2/c1-4-5-6-7-11-14-21-15-18(2)22(24-21)19(3)16-23-17-20-12-9-8-10-13-20/h8-10,12-13,15,19,21-22H,4-7,11,14,16-17H2,1-3H3/t19-,21-,22+/m1/s1. The van der Waals surface area contributed by atoms with E-state index in [9.17, 15) is 0 Å². The van der Waals surface area contributed by atoms with Gasteiger partial charge >= 0.3 is 0 Å². The molecule has 0 amide bonds. The minimum atomic E-state index is 0.224. The molecule has 2 heteroatoms. The van der Waals surface area contributed by atoms with Gasteiger partial charge in [0.25, 0.3) is 0 Å². The van der Waals surface area contributed by atoms with E-state index in [2.05, 4.69) is 51.1 Å². The van der Waals surface area contributed by atoms with Crippen LogP contribution < -0.4 is 0 Å². The van der Waals surface area contributed by atoms with Gasteiger partial charge in [0.2, 0.25) is 0 Å². The number of hydrogen-bond acceptors (Lipinski definition) is 2. The van der Waals surface area contributed by atoms with E-state index >= 15 is 0 Å². The summed E-state index contributed by atoms with van der Waals surface area (Å²) >= 11 is 0. The second-order valence-electron chi connectivity index (χ2n) is 7.19. The Labute approximate surface area is 148 Å². The number of ether oxygens (including phenoxy) is 2. The van der Waals surface area contributed by atoms with Gasteiger partial charge in [-0.05, 0) is 24.5 Å². The molecule has 1 aliphatic heterocycles. The summed E-state index contributed by atoms with van der Waals surface area (Å²) < 4.78 is 12.2. The molecule has 0 fully saturated rings. The summed E-state index contributed by atoms with van der Waals surface area (Å²) in [5, 5.41) is 0. The lowest BCUT2D eigenvalue weighted by atomic mass is 10.00. The maximum atomic E-state index is 6.27. The average molecular weight is 331 g/mol. The molecular weight excluding hydrogens is 296 g/mol. The topological polar surface area (TPSA) is 18.5 Å². The van der Waals surface area contributed by atoms with E-state index in [1.165, 1.54) is 43.2 Å². The number of rotatable bonds is 11. The molecule has 1 aromatic rings. The fourth-order valence-electron chi connectivity index (χ4n) is 3.43. The van der Waals surface area contributed by atoms with Crippen LogP contribution in [-0.4, -0.2) is 18.8 Å². The first-order chi connectivity index (χ1) is 11.7. The zero-order valence-corrected chi connectivity index (χ0v) is 15.7. The highest BCUT2D eigenvalue weighted by Gasteiger charge is 2.28. The van der Waals surface area contributed by atoms with Gasteiger partial charge < -0.3 is 9.47 Å². The third kappa shape index (κ3) is 6.41. The van der Waals surface area contributed by atoms with Crippen molar-refractivity contribution < 1.29 is 9.47 Å². The summed E-state index contributed by atoms with van der Waals surface area (Å²) in [6.07, 6.45) is 10.7. The second kappa shape index (κ2) is 10.7. The Morgan fingerprint density at radius 2 is 1.83 bits per heavy atom. The van der Waals surface area contributed by atoms with Crippen molar-refractivity contribution in [3.63, 3.8) is 0 Å². The van der Waals surface area contributed by atoms with Crippen molar-refractivity contribution in [2.75, 3.05) is 6.61 Å². The quantitative estimate of drug-likeness (QED) is 0.371. The molecule has 24 heavy (non-hydrogen) atoms. The zero-order valence-electron chi connectivity index (χ0n) is 15.7. The lowest BCUT2D eigenvalue weighted by molar-refractivity contribution is -0.0130. The monoisotopic (exact) mass is 330 g/mol. The lowest BCUT2D eigenvalue weighted by Crippen LogP contribution is -2.25. The molecule has 2 rings (SSSR count). The molecule has 2 nitrogen and oxygen atoms in total. The van der Waals surface area contributed by atoms with Crippen molar-refractivity contribution in [3.8, 4) is 0 Å². The van der Waals surface area contributed by atoms with Crippen LogP contribution in [-0.2, 0) is 16.1 Å². The van der Waals surface area contributed by atoms with Gasteiger partial charge in [-0.15, -0.1) is 0 Å². The maximum Gasteiger partial charge on any atom is 0.0838 e. The molecular formula is C22H34O2. The Kier molecular flexibility index (Phi) is 8.55. The molecule has 0 saturated carbocycles. The fourth-order valence-corrected chi connectivity index (χ4v) is 3.43. The van der Waals surface area contributed by atoms with Gasteiger partial charge in [0.05, 0.1) is 25.4 Å². The first kappa shape index (κ1) is 19.2. The second-order valence-corrected chi connectivity index (χ2v) is 7.19. The highest BCUT2D eigenvalue weighted by atomic mass is 16.5. The molecule has 0 N–H and O–H groups in total. The van der Waals surface area contributed by atoms with E-state index in [-0.39, 0.29) is 6.10 Å². The summed E-state index contributed by atoms with van der Waals surface area (Å²) in [5.41, 5.74) is 2.61. The number of hydrogen-bond donors (Lipinski definition) is 0. The van der Waals surface area contributed by atoms with Crippen LogP contribution in [0.3, 0.4) is 0 Å². The predicted molar refractivity (Wildman–Crippen MR) is 101 cm³/mol. The van der Waals surface area contributed by atoms with Crippen molar-refractivity contribution in [1.29, 1.82) is 0 Å². The van der Waals surface area contributed by atoms with Gasteiger partial charge in [-0.2, -0.15) is 0 Å². The number of unbranched alkanes of at least 4 members (excludes halogenated alkanes) is 4. The summed E-state index contributed by atoms with van der Waals surface area (Å²) in [5.74, 6) is 0.398. The van der Waals surface area contributed by atoms with Crippen LogP contribution in [0, 0.1) is 5.92 Å².